The molecule has 1 N–H and O–H groups in total. The van der Waals surface area contributed by atoms with E-state index in [9.17, 15) is 0 Å². The van der Waals surface area contributed by atoms with Gasteiger partial charge in [-0.25, -0.2) is 0 Å². The Morgan fingerprint density at radius 3 is 2.60 bits per heavy atom. The predicted molar refractivity (Wildman–Crippen MR) is 90.7 cm³/mol. The van der Waals surface area contributed by atoms with Crippen molar-refractivity contribution in [3.05, 3.63) is 68.1 Å². The zero-order valence-corrected chi connectivity index (χ0v) is 14.3. The highest BCUT2D eigenvalue weighted by atomic mass is 79.9. The molecule has 1 nitrogen and oxygen atoms in total. The van der Waals surface area contributed by atoms with Crippen LogP contribution in [0.25, 0.3) is 0 Å². The molecule has 2 rings (SSSR count). The van der Waals surface area contributed by atoms with Crippen LogP contribution in [-0.4, -0.2) is 6.54 Å². The third kappa shape index (κ3) is 3.98. The van der Waals surface area contributed by atoms with Crippen LogP contribution in [0.1, 0.15) is 24.1 Å². The van der Waals surface area contributed by atoms with Gasteiger partial charge in [-0.05, 0) is 42.3 Å². The summed E-state index contributed by atoms with van der Waals surface area (Å²) >= 11 is 16.0. The molecule has 0 aromatic heterocycles. The van der Waals surface area contributed by atoms with Crippen molar-refractivity contribution in [1.29, 1.82) is 0 Å². The first-order valence-corrected chi connectivity index (χ1v) is 8.08. The van der Waals surface area contributed by atoms with Crippen molar-refractivity contribution in [2.75, 3.05) is 6.54 Å². The summed E-state index contributed by atoms with van der Waals surface area (Å²) in [6.45, 7) is 2.97. The lowest BCUT2D eigenvalue weighted by Crippen LogP contribution is -2.23. The Morgan fingerprint density at radius 2 is 1.90 bits per heavy atom. The lowest BCUT2D eigenvalue weighted by molar-refractivity contribution is 0.550. The average molecular weight is 373 g/mol. The molecule has 2 aromatic carbocycles. The molecule has 2 aromatic rings. The third-order valence-electron chi connectivity index (χ3n) is 3.14. The van der Waals surface area contributed by atoms with Gasteiger partial charge in [-0.1, -0.05) is 70.3 Å². The molecular weight excluding hydrogens is 357 g/mol. The number of benzene rings is 2. The Labute approximate surface area is 138 Å². The van der Waals surface area contributed by atoms with Crippen LogP contribution in [-0.2, 0) is 6.42 Å². The Kier molecular flexibility index (Phi) is 5.91. The molecule has 1 atom stereocenters. The normalized spacial score (nSPS) is 12.4. The van der Waals surface area contributed by atoms with Crippen molar-refractivity contribution in [1.82, 2.24) is 5.32 Å². The molecule has 0 aliphatic rings. The Morgan fingerprint density at radius 1 is 1.15 bits per heavy atom. The van der Waals surface area contributed by atoms with Gasteiger partial charge in [0.1, 0.15) is 0 Å². The molecule has 0 bridgehead atoms. The number of hydrogen-bond donors (Lipinski definition) is 1. The van der Waals surface area contributed by atoms with Gasteiger partial charge in [0.2, 0.25) is 0 Å². The van der Waals surface area contributed by atoms with Crippen LogP contribution in [0.2, 0.25) is 10.0 Å². The first-order valence-electron chi connectivity index (χ1n) is 6.53. The van der Waals surface area contributed by atoms with Gasteiger partial charge in [-0.2, -0.15) is 0 Å². The van der Waals surface area contributed by atoms with E-state index < -0.39 is 0 Å². The standard InChI is InChI=1S/C16H16BrCl2N/c1-2-20-15(10-11-5-3-6-12(17)9-11)13-7-4-8-14(18)16(13)19/h3-9,15,20H,2,10H2,1H3. The van der Waals surface area contributed by atoms with Gasteiger partial charge in [-0.15, -0.1) is 0 Å². The zero-order chi connectivity index (χ0) is 14.5. The van der Waals surface area contributed by atoms with Crippen LogP contribution in [0.5, 0.6) is 0 Å². The molecule has 0 radical (unpaired) electrons. The van der Waals surface area contributed by atoms with E-state index in [2.05, 4.69) is 40.3 Å². The molecule has 0 aliphatic carbocycles. The molecular formula is C16H16BrCl2N. The number of nitrogens with one attached hydrogen (secondary N) is 1. The quantitative estimate of drug-likeness (QED) is 0.714. The van der Waals surface area contributed by atoms with Gasteiger partial charge in [0.15, 0.2) is 0 Å². The summed E-state index contributed by atoms with van der Waals surface area (Å²) in [6, 6.07) is 14.3. The minimum Gasteiger partial charge on any atom is -0.310 e. The molecule has 0 fully saturated rings. The van der Waals surface area contributed by atoms with Crippen LogP contribution >= 0.6 is 39.1 Å². The summed E-state index contributed by atoms with van der Waals surface area (Å²) in [5.41, 5.74) is 2.29. The predicted octanol–water partition coefficient (Wildman–Crippen LogP) is 5.65. The highest BCUT2D eigenvalue weighted by Gasteiger charge is 2.16. The number of hydrogen-bond acceptors (Lipinski definition) is 1. The largest absolute Gasteiger partial charge is 0.310 e. The average Bonchev–Trinajstić information content (AvgIpc) is 2.42. The molecule has 1 unspecified atom stereocenters. The molecule has 0 amide bonds. The Bertz CT molecular complexity index is 586. The second-order valence-corrected chi connectivity index (χ2v) is 6.29. The summed E-state index contributed by atoms with van der Waals surface area (Å²) in [5.74, 6) is 0. The first kappa shape index (κ1) is 15.8. The van der Waals surface area contributed by atoms with Crippen LogP contribution in [0.3, 0.4) is 0 Å². The van der Waals surface area contributed by atoms with E-state index in [0.717, 1.165) is 23.0 Å². The van der Waals surface area contributed by atoms with Crippen molar-refractivity contribution >= 4 is 39.1 Å². The van der Waals surface area contributed by atoms with Crippen molar-refractivity contribution in [2.45, 2.75) is 19.4 Å². The van der Waals surface area contributed by atoms with Crippen LogP contribution in [0.15, 0.2) is 46.9 Å². The minimum absolute atomic E-state index is 0.153. The molecule has 4 heteroatoms. The smallest absolute Gasteiger partial charge is 0.0640 e. The zero-order valence-electron chi connectivity index (χ0n) is 11.2. The maximum atomic E-state index is 6.34. The molecule has 20 heavy (non-hydrogen) atoms. The summed E-state index contributed by atoms with van der Waals surface area (Å²) in [6.07, 6.45) is 0.868. The maximum Gasteiger partial charge on any atom is 0.0640 e. The molecule has 0 saturated carbocycles. The van der Waals surface area contributed by atoms with Crippen molar-refractivity contribution in [3.8, 4) is 0 Å². The number of halogens is 3. The SMILES string of the molecule is CCNC(Cc1cccc(Br)c1)c1cccc(Cl)c1Cl. The van der Waals surface area contributed by atoms with Crippen LogP contribution in [0.4, 0.5) is 0 Å². The van der Waals surface area contributed by atoms with Crippen molar-refractivity contribution in [2.24, 2.45) is 0 Å². The molecule has 0 spiro atoms. The molecule has 0 saturated heterocycles. The third-order valence-corrected chi connectivity index (χ3v) is 4.46. The molecule has 0 aliphatic heterocycles. The first-order chi connectivity index (χ1) is 9.61. The minimum atomic E-state index is 0.153. The van der Waals surface area contributed by atoms with Gasteiger partial charge < -0.3 is 5.32 Å². The lowest BCUT2D eigenvalue weighted by atomic mass is 9.99. The van der Waals surface area contributed by atoms with E-state index in [0.29, 0.717) is 10.0 Å². The van der Waals surface area contributed by atoms with Crippen molar-refractivity contribution in [3.63, 3.8) is 0 Å². The van der Waals surface area contributed by atoms with E-state index in [1.54, 1.807) is 0 Å². The highest BCUT2D eigenvalue weighted by molar-refractivity contribution is 9.10. The maximum absolute atomic E-state index is 6.34. The topological polar surface area (TPSA) is 12.0 Å². The van der Waals surface area contributed by atoms with E-state index in [1.165, 1.54) is 5.56 Å². The number of rotatable bonds is 5. The fraction of sp³-hybridized carbons (Fsp3) is 0.250. The van der Waals surface area contributed by atoms with E-state index in [1.807, 2.05) is 30.3 Å². The van der Waals surface area contributed by atoms with Gasteiger partial charge in [0.25, 0.3) is 0 Å². The second-order valence-electron chi connectivity index (χ2n) is 4.59. The fourth-order valence-electron chi connectivity index (χ4n) is 2.23. The molecule has 106 valence electrons. The Hall–Kier alpha value is -0.540. The van der Waals surface area contributed by atoms with Crippen LogP contribution < -0.4 is 5.32 Å². The summed E-state index contributed by atoms with van der Waals surface area (Å²) in [4.78, 5) is 0. The number of likely N-dealkylation sites (N-methyl/N-ethyl adjacent to an activating group) is 1. The summed E-state index contributed by atoms with van der Waals surface area (Å²) < 4.78 is 1.09. The van der Waals surface area contributed by atoms with Gasteiger partial charge >= 0.3 is 0 Å². The van der Waals surface area contributed by atoms with Crippen molar-refractivity contribution < 1.29 is 0 Å². The highest BCUT2D eigenvalue weighted by Crippen LogP contribution is 2.31. The van der Waals surface area contributed by atoms with E-state index in [-0.39, 0.29) is 6.04 Å². The summed E-state index contributed by atoms with van der Waals surface area (Å²) in [7, 11) is 0. The van der Waals surface area contributed by atoms with Gasteiger partial charge in [-0.3, -0.25) is 0 Å². The van der Waals surface area contributed by atoms with E-state index >= 15 is 0 Å². The van der Waals surface area contributed by atoms with Gasteiger partial charge in [0, 0.05) is 10.5 Å². The van der Waals surface area contributed by atoms with Gasteiger partial charge in [0.05, 0.1) is 10.0 Å². The summed E-state index contributed by atoms with van der Waals surface area (Å²) in [5, 5.41) is 4.71. The monoisotopic (exact) mass is 371 g/mol. The second kappa shape index (κ2) is 7.46. The van der Waals surface area contributed by atoms with E-state index in [4.69, 9.17) is 23.2 Å². The Balaban J connectivity index is 2.29. The lowest BCUT2D eigenvalue weighted by Gasteiger charge is -2.20. The van der Waals surface area contributed by atoms with Crippen LogP contribution in [0, 0.1) is 0 Å². The molecule has 0 heterocycles. The fourth-order valence-corrected chi connectivity index (χ4v) is 3.11.